The Kier molecular flexibility index (Phi) is 9.67. The van der Waals surface area contributed by atoms with Gasteiger partial charge in [0, 0.05) is 61.7 Å². The summed E-state index contributed by atoms with van der Waals surface area (Å²) in [6.45, 7) is 4.47. The van der Waals surface area contributed by atoms with E-state index in [1.54, 1.807) is 11.8 Å². The van der Waals surface area contributed by atoms with Gasteiger partial charge in [-0.2, -0.15) is 0 Å². The Hall–Kier alpha value is -4.13. The molecule has 1 aliphatic heterocycles. The number of thioether (sulfide) groups is 1. The van der Waals surface area contributed by atoms with Crippen LogP contribution in [0.5, 0.6) is 0 Å². The normalized spacial score (nSPS) is 13.7. The molecule has 1 amide bonds. The van der Waals surface area contributed by atoms with Crippen LogP contribution in [-0.4, -0.2) is 57.2 Å². The van der Waals surface area contributed by atoms with Gasteiger partial charge in [-0.3, -0.25) is 14.3 Å². The van der Waals surface area contributed by atoms with Gasteiger partial charge in [-0.25, -0.2) is 4.98 Å². The number of imidazole rings is 1. The van der Waals surface area contributed by atoms with E-state index < -0.39 is 0 Å². The topological polar surface area (TPSA) is 41.4 Å². The number of aromatic nitrogens is 2. The lowest BCUT2D eigenvalue weighted by atomic mass is 10.0. The zero-order valence-electron chi connectivity index (χ0n) is 24.5. The van der Waals surface area contributed by atoms with Crippen molar-refractivity contribution in [1.82, 2.24) is 19.4 Å². The van der Waals surface area contributed by atoms with Crippen molar-refractivity contribution in [3.05, 3.63) is 127 Å². The van der Waals surface area contributed by atoms with Crippen molar-refractivity contribution in [3.63, 3.8) is 0 Å². The number of amides is 1. The second-order valence-electron chi connectivity index (χ2n) is 10.9. The summed E-state index contributed by atoms with van der Waals surface area (Å²) in [5.41, 5.74) is 6.76. The standard InChI is InChI=1S/C37H38N4OS/c42-34(40-26-24-39(25-27-40)29-30-15-5-1-6-16-30)23-13-14-28-43-37-38-35(31-17-7-2-8-18-31)36(32-19-9-3-10-20-32)41(37)33-21-11-4-12-22-33/h1-12,15-22H,13-14,23-29H2. The molecule has 5 aromatic rings. The van der Waals surface area contributed by atoms with E-state index in [0.29, 0.717) is 6.42 Å². The first-order valence-electron chi connectivity index (χ1n) is 15.2. The van der Waals surface area contributed by atoms with Gasteiger partial charge in [0.25, 0.3) is 0 Å². The SMILES string of the molecule is O=C(CCCCSc1nc(-c2ccccc2)c(-c2ccccc2)n1-c1ccccc1)N1CCN(Cc2ccccc2)CC1. The predicted octanol–water partition coefficient (Wildman–Crippen LogP) is 7.81. The van der Waals surface area contributed by atoms with Gasteiger partial charge in [-0.15, -0.1) is 0 Å². The first-order chi connectivity index (χ1) is 21.3. The third kappa shape index (κ3) is 7.27. The van der Waals surface area contributed by atoms with Crippen molar-refractivity contribution < 1.29 is 4.79 Å². The van der Waals surface area contributed by atoms with Crippen LogP contribution < -0.4 is 0 Å². The van der Waals surface area contributed by atoms with Crippen LogP contribution in [0.1, 0.15) is 24.8 Å². The first kappa shape index (κ1) is 29.0. The van der Waals surface area contributed by atoms with Gasteiger partial charge in [0.1, 0.15) is 0 Å². The monoisotopic (exact) mass is 586 g/mol. The molecule has 1 aliphatic rings. The zero-order valence-corrected chi connectivity index (χ0v) is 25.3. The molecule has 0 saturated carbocycles. The second kappa shape index (κ2) is 14.4. The minimum absolute atomic E-state index is 0.285. The number of para-hydroxylation sites is 1. The number of hydrogen-bond donors (Lipinski definition) is 0. The number of piperazine rings is 1. The van der Waals surface area contributed by atoms with Crippen molar-refractivity contribution in [2.75, 3.05) is 31.9 Å². The molecule has 0 radical (unpaired) electrons. The van der Waals surface area contributed by atoms with Gasteiger partial charge >= 0.3 is 0 Å². The number of rotatable bonds is 11. The number of benzene rings is 4. The molecule has 1 fully saturated rings. The van der Waals surface area contributed by atoms with E-state index in [2.05, 4.69) is 124 Å². The van der Waals surface area contributed by atoms with E-state index in [4.69, 9.17) is 4.98 Å². The second-order valence-corrected chi connectivity index (χ2v) is 12.0. The average molecular weight is 587 g/mol. The van der Waals surface area contributed by atoms with Gasteiger partial charge in [0.05, 0.1) is 11.4 Å². The molecule has 0 unspecified atom stereocenters. The maximum Gasteiger partial charge on any atom is 0.222 e. The van der Waals surface area contributed by atoms with E-state index in [1.165, 1.54) is 5.56 Å². The summed E-state index contributed by atoms with van der Waals surface area (Å²) in [5.74, 6) is 1.19. The molecule has 0 bridgehead atoms. The molecule has 4 aromatic carbocycles. The van der Waals surface area contributed by atoms with Crippen molar-refractivity contribution in [2.24, 2.45) is 0 Å². The predicted molar refractivity (Wildman–Crippen MR) is 177 cm³/mol. The van der Waals surface area contributed by atoms with E-state index >= 15 is 0 Å². The molecular formula is C37H38N4OS. The summed E-state index contributed by atoms with van der Waals surface area (Å²) in [4.78, 5) is 22.7. The molecule has 0 N–H and O–H groups in total. The summed E-state index contributed by atoms with van der Waals surface area (Å²) in [6, 6.07) is 42.0. The molecule has 43 heavy (non-hydrogen) atoms. The number of nitrogens with zero attached hydrogens (tertiary/aromatic N) is 4. The van der Waals surface area contributed by atoms with Crippen LogP contribution in [0.4, 0.5) is 0 Å². The van der Waals surface area contributed by atoms with Crippen molar-refractivity contribution in [1.29, 1.82) is 0 Å². The molecule has 0 atom stereocenters. The maximum atomic E-state index is 13.0. The van der Waals surface area contributed by atoms with Gasteiger partial charge in [0.15, 0.2) is 5.16 Å². The molecule has 2 heterocycles. The van der Waals surface area contributed by atoms with Crippen LogP contribution in [0.2, 0.25) is 0 Å². The number of carbonyl (C=O) groups is 1. The first-order valence-corrected chi connectivity index (χ1v) is 16.2. The Morgan fingerprint density at radius 2 is 1.26 bits per heavy atom. The maximum absolute atomic E-state index is 13.0. The lowest BCUT2D eigenvalue weighted by molar-refractivity contribution is -0.133. The fraction of sp³-hybridized carbons (Fsp3) is 0.243. The van der Waals surface area contributed by atoms with Crippen molar-refractivity contribution in [2.45, 2.75) is 31.0 Å². The van der Waals surface area contributed by atoms with E-state index in [9.17, 15) is 4.79 Å². The summed E-state index contributed by atoms with van der Waals surface area (Å²) in [5, 5.41) is 0.977. The average Bonchev–Trinajstić information content (AvgIpc) is 3.46. The third-order valence-electron chi connectivity index (χ3n) is 7.95. The Morgan fingerprint density at radius 3 is 1.91 bits per heavy atom. The molecule has 0 aliphatic carbocycles. The molecule has 0 spiro atoms. The number of unbranched alkanes of at least 4 members (excludes halogenated alkanes) is 1. The third-order valence-corrected chi connectivity index (χ3v) is 8.97. The van der Waals surface area contributed by atoms with Crippen LogP contribution in [0.15, 0.2) is 126 Å². The van der Waals surface area contributed by atoms with Gasteiger partial charge in [0.2, 0.25) is 5.91 Å². The Bertz CT molecular complexity index is 1580. The smallest absolute Gasteiger partial charge is 0.222 e. The van der Waals surface area contributed by atoms with Crippen LogP contribution in [0, 0.1) is 0 Å². The Morgan fingerprint density at radius 1 is 0.674 bits per heavy atom. The van der Waals surface area contributed by atoms with Gasteiger partial charge < -0.3 is 4.90 Å². The highest BCUT2D eigenvalue weighted by Crippen LogP contribution is 2.38. The van der Waals surface area contributed by atoms with E-state index in [0.717, 1.165) is 84.7 Å². The minimum Gasteiger partial charge on any atom is -0.340 e. The van der Waals surface area contributed by atoms with Crippen LogP contribution in [0.25, 0.3) is 28.2 Å². The van der Waals surface area contributed by atoms with Crippen molar-refractivity contribution in [3.8, 4) is 28.2 Å². The van der Waals surface area contributed by atoms with Gasteiger partial charge in [-0.1, -0.05) is 121 Å². The fourth-order valence-electron chi connectivity index (χ4n) is 5.67. The molecule has 218 valence electrons. The highest BCUT2D eigenvalue weighted by molar-refractivity contribution is 7.99. The van der Waals surface area contributed by atoms with E-state index in [-0.39, 0.29) is 5.91 Å². The minimum atomic E-state index is 0.285. The highest BCUT2D eigenvalue weighted by atomic mass is 32.2. The summed E-state index contributed by atoms with van der Waals surface area (Å²) < 4.78 is 2.29. The number of hydrogen-bond acceptors (Lipinski definition) is 4. The fourth-order valence-corrected chi connectivity index (χ4v) is 6.68. The quantitative estimate of drug-likeness (QED) is 0.117. The molecule has 6 heteroatoms. The molecular weight excluding hydrogens is 549 g/mol. The summed E-state index contributed by atoms with van der Waals surface area (Å²) in [6.07, 6.45) is 2.46. The molecule has 6 rings (SSSR count). The summed E-state index contributed by atoms with van der Waals surface area (Å²) in [7, 11) is 0. The molecule has 5 nitrogen and oxygen atoms in total. The van der Waals surface area contributed by atoms with Crippen LogP contribution in [0.3, 0.4) is 0 Å². The number of carbonyl (C=O) groups excluding carboxylic acids is 1. The van der Waals surface area contributed by atoms with Crippen LogP contribution >= 0.6 is 11.8 Å². The molecule has 1 saturated heterocycles. The largest absolute Gasteiger partial charge is 0.340 e. The van der Waals surface area contributed by atoms with E-state index in [1.807, 2.05) is 12.1 Å². The van der Waals surface area contributed by atoms with Gasteiger partial charge in [-0.05, 0) is 30.5 Å². The van der Waals surface area contributed by atoms with Crippen LogP contribution in [-0.2, 0) is 11.3 Å². The molecule has 1 aromatic heterocycles. The lowest BCUT2D eigenvalue weighted by Gasteiger charge is -2.34. The zero-order chi connectivity index (χ0) is 29.3. The summed E-state index contributed by atoms with van der Waals surface area (Å²) >= 11 is 1.77. The Labute approximate surface area is 259 Å². The Balaban J connectivity index is 1.09. The van der Waals surface area contributed by atoms with Crippen molar-refractivity contribution >= 4 is 17.7 Å². The lowest BCUT2D eigenvalue weighted by Crippen LogP contribution is -2.48. The highest BCUT2D eigenvalue weighted by Gasteiger charge is 2.23.